The number of methoxy groups -OCH3 is 2. The van der Waals surface area contributed by atoms with Crippen molar-refractivity contribution >= 4 is 5.91 Å². The van der Waals surface area contributed by atoms with E-state index in [-0.39, 0.29) is 23.1 Å². The van der Waals surface area contributed by atoms with Gasteiger partial charge in [0.05, 0.1) is 14.2 Å². The second-order valence-electron chi connectivity index (χ2n) is 8.02. The van der Waals surface area contributed by atoms with Crippen LogP contribution in [-0.4, -0.2) is 43.8 Å². The summed E-state index contributed by atoms with van der Waals surface area (Å²) in [6, 6.07) is 7.81. The average Bonchev–Trinajstić information content (AvgIpc) is 3.06. The Bertz CT molecular complexity index is 946. The first-order chi connectivity index (χ1) is 15.0. The van der Waals surface area contributed by atoms with E-state index in [9.17, 15) is 9.59 Å². The largest absolute Gasteiger partial charge is 0.493 e. The first kappa shape index (κ1) is 22.9. The molecule has 0 saturated carbocycles. The Morgan fingerprint density at radius 2 is 1.97 bits per heavy atom. The van der Waals surface area contributed by atoms with E-state index in [1.807, 2.05) is 24.3 Å². The molecule has 2 N–H and O–H groups in total. The molecule has 1 aliphatic heterocycles. The zero-order valence-electron chi connectivity index (χ0n) is 18.7. The summed E-state index contributed by atoms with van der Waals surface area (Å²) < 4.78 is 12.2. The number of nitrogens with zero attached hydrogens (tertiary/aromatic N) is 1. The lowest BCUT2D eigenvalue weighted by atomic mass is 10.1. The van der Waals surface area contributed by atoms with E-state index in [1.165, 1.54) is 19.3 Å². The van der Waals surface area contributed by atoms with Gasteiger partial charge in [0.2, 0.25) is 0 Å². The third-order valence-electron chi connectivity index (χ3n) is 5.86. The molecular weight excluding hydrogens is 394 g/mol. The first-order valence-corrected chi connectivity index (χ1v) is 11.0. The fourth-order valence-corrected chi connectivity index (χ4v) is 3.98. The van der Waals surface area contributed by atoms with E-state index < -0.39 is 0 Å². The van der Waals surface area contributed by atoms with Crippen molar-refractivity contribution in [1.82, 2.24) is 15.2 Å². The fourth-order valence-electron chi connectivity index (χ4n) is 3.98. The monoisotopic (exact) mass is 427 g/mol. The van der Waals surface area contributed by atoms with Crippen molar-refractivity contribution in [2.24, 2.45) is 0 Å². The first-order valence-electron chi connectivity index (χ1n) is 11.0. The number of carbonyl (C=O) groups is 1. The number of benzene rings is 1. The van der Waals surface area contributed by atoms with E-state index in [2.05, 4.69) is 10.6 Å². The quantitative estimate of drug-likeness (QED) is 0.677. The maximum Gasteiger partial charge on any atom is 0.263 e. The highest BCUT2D eigenvalue weighted by Gasteiger charge is 2.18. The molecule has 0 aliphatic carbocycles. The lowest BCUT2D eigenvalue weighted by Crippen LogP contribution is -2.42. The summed E-state index contributed by atoms with van der Waals surface area (Å²) in [5, 5.41) is 6.43. The van der Waals surface area contributed by atoms with Crippen LogP contribution in [0.4, 0.5) is 0 Å². The number of nitrogens with one attached hydrogen (secondary N) is 2. The average molecular weight is 428 g/mol. The maximum absolute atomic E-state index is 13.0. The Labute approximate surface area is 183 Å². The number of carbonyl (C=O) groups excluding carboxylic acids is 1. The van der Waals surface area contributed by atoms with Gasteiger partial charge in [-0.15, -0.1) is 0 Å². The summed E-state index contributed by atoms with van der Waals surface area (Å²) in [6.07, 6.45) is 7.00. The van der Waals surface area contributed by atoms with Crippen LogP contribution in [0.1, 0.15) is 47.2 Å². The van der Waals surface area contributed by atoms with Crippen LogP contribution in [0, 0.1) is 6.92 Å². The predicted octanol–water partition coefficient (Wildman–Crippen LogP) is 2.68. The van der Waals surface area contributed by atoms with E-state index in [0.29, 0.717) is 36.6 Å². The Balaban J connectivity index is 1.68. The Morgan fingerprint density at radius 1 is 1.16 bits per heavy atom. The van der Waals surface area contributed by atoms with Crippen LogP contribution < -0.4 is 25.7 Å². The van der Waals surface area contributed by atoms with Crippen LogP contribution in [0.5, 0.6) is 11.5 Å². The summed E-state index contributed by atoms with van der Waals surface area (Å²) in [6.45, 7) is 3.80. The standard InChI is InChI=1S/C24H33N3O4/c1-17-10-13-27(14-11-18-8-9-20(30-2)21(15-18)31-3)24(29)22(17)23(28)26-16-19-7-5-4-6-12-25-19/h8-10,13,15,19,25H,4-7,11-12,14,16H2,1-3H3,(H,26,28). The zero-order chi connectivity index (χ0) is 22.2. The van der Waals surface area contributed by atoms with E-state index in [4.69, 9.17) is 9.47 Å². The molecule has 1 aromatic carbocycles. The van der Waals surface area contributed by atoms with Crippen LogP contribution in [0.3, 0.4) is 0 Å². The fraction of sp³-hybridized carbons (Fsp3) is 0.500. The van der Waals surface area contributed by atoms with Crippen LogP contribution in [0.25, 0.3) is 0 Å². The minimum atomic E-state index is -0.297. The molecular formula is C24H33N3O4. The number of hydrogen-bond donors (Lipinski definition) is 2. The van der Waals surface area contributed by atoms with Gasteiger partial charge in [0, 0.05) is 25.3 Å². The summed E-state index contributed by atoms with van der Waals surface area (Å²) in [4.78, 5) is 25.8. The Hall–Kier alpha value is -2.80. The Kier molecular flexibility index (Phi) is 8.12. The molecule has 1 unspecified atom stereocenters. The SMILES string of the molecule is COc1ccc(CCn2ccc(C)c(C(=O)NCC3CCCCCN3)c2=O)cc1OC. The molecule has 7 nitrogen and oxygen atoms in total. The van der Waals surface area contributed by atoms with Gasteiger partial charge in [-0.1, -0.05) is 18.9 Å². The number of ether oxygens (including phenoxy) is 2. The van der Waals surface area contributed by atoms with E-state index >= 15 is 0 Å². The van der Waals surface area contributed by atoms with E-state index in [1.54, 1.807) is 31.9 Å². The van der Waals surface area contributed by atoms with Crippen molar-refractivity contribution in [3.8, 4) is 11.5 Å². The molecule has 31 heavy (non-hydrogen) atoms. The third kappa shape index (κ3) is 5.88. The van der Waals surface area contributed by atoms with Crippen molar-refractivity contribution in [1.29, 1.82) is 0 Å². The normalized spacial score (nSPS) is 16.4. The van der Waals surface area contributed by atoms with Gasteiger partial charge in [-0.2, -0.15) is 0 Å². The molecule has 1 amide bonds. The lowest BCUT2D eigenvalue weighted by molar-refractivity contribution is 0.0946. The Morgan fingerprint density at radius 3 is 2.74 bits per heavy atom. The van der Waals surface area contributed by atoms with Gasteiger partial charge in [-0.05, 0) is 62.1 Å². The van der Waals surface area contributed by atoms with Gasteiger partial charge in [0.25, 0.3) is 11.5 Å². The molecule has 3 rings (SSSR count). The smallest absolute Gasteiger partial charge is 0.263 e. The minimum Gasteiger partial charge on any atom is -0.493 e. The molecule has 1 fully saturated rings. The molecule has 2 heterocycles. The molecule has 2 aromatic rings. The summed E-state index contributed by atoms with van der Waals surface area (Å²) in [5.41, 5.74) is 1.68. The van der Waals surface area contributed by atoms with Gasteiger partial charge in [0.15, 0.2) is 11.5 Å². The molecule has 168 valence electrons. The van der Waals surface area contributed by atoms with Crippen molar-refractivity contribution in [3.05, 3.63) is 57.5 Å². The highest BCUT2D eigenvalue weighted by atomic mass is 16.5. The number of pyridine rings is 1. The van der Waals surface area contributed by atoms with Gasteiger partial charge in [-0.25, -0.2) is 0 Å². The van der Waals surface area contributed by atoms with Crippen molar-refractivity contribution in [2.75, 3.05) is 27.3 Å². The predicted molar refractivity (Wildman–Crippen MR) is 121 cm³/mol. The second-order valence-corrected chi connectivity index (χ2v) is 8.02. The van der Waals surface area contributed by atoms with Gasteiger partial charge >= 0.3 is 0 Å². The lowest BCUT2D eigenvalue weighted by Gasteiger charge is -2.17. The summed E-state index contributed by atoms with van der Waals surface area (Å²) in [7, 11) is 3.20. The van der Waals surface area contributed by atoms with Crippen molar-refractivity contribution < 1.29 is 14.3 Å². The zero-order valence-corrected chi connectivity index (χ0v) is 18.7. The minimum absolute atomic E-state index is 0.225. The van der Waals surface area contributed by atoms with Crippen molar-refractivity contribution in [3.63, 3.8) is 0 Å². The number of aryl methyl sites for hydroxylation is 3. The highest BCUT2D eigenvalue weighted by molar-refractivity contribution is 5.95. The van der Waals surface area contributed by atoms with Gasteiger partial charge in [-0.3, -0.25) is 9.59 Å². The molecule has 0 spiro atoms. The van der Waals surface area contributed by atoms with E-state index in [0.717, 1.165) is 18.5 Å². The molecule has 1 atom stereocenters. The van der Waals surface area contributed by atoms with Crippen LogP contribution >= 0.6 is 0 Å². The molecule has 0 radical (unpaired) electrons. The highest BCUT2D eigenvalue weighted by Crippen LogP contribution is 2.27. The number of rotatable bonds is 8. The van der Waals surface area contributed by atoms with Crippen LogP contribution in [0.15, 0.2) is 35.3 Å². The van der Waals surface area contributed by atoms with Crippen molar-refractivity contribution in [2.45, 2.75) is 51.6 Å². The summed E-state index contributed by atoms with van der Waals surface area (Å²) in [5.74, 6) is 1.03. The number of hydrogen-bond acceptors (Lipinski definition) is 5. The van der Waals surface area contributed by atoms with Crippen LogP contribution in [0.2, 0.25) is 0 Å². The maximum atomic E-state index is 13.0. The second kappa shape index (κ2) is 11.0. The van der Waals surface area contributed by atoms with Gasteiger partial charge < -0.3 is 24.7 Å². The molecule has 1 aliphatic rings. The number of aromatic nitrogens is 1. The van der Waals surface area contributed by atoms with Gasteiger partial charge in [0.1, 0.15) is 5.56 Å². The molecule has 7 heteroatoms. The summed E-state index contributed by atoms with van der Waals surface area (Å²) >= 11 is 0. The molecule has 1 saturated heterocycles. The number of amides is 1. The molecule has 0 bridgehead atoms. The topological polar surface area (TPSA) is 81.6 Å². The third-order valence-corrected chi connectivity index (χ3v) is 5.86. The molecule has 1 aromatic heterocycles. The van der Waals surface area contributed by atoms with Crippen LogP contribution in [-0.2, 0) is 13.0 Å².